The number of aliphatic hydroxyl groups excluding tert-OH is 1. The van der Waals surface area contributed by atoms with Crippen molar-refractivity contribution < 1.29 is 27.5 Å². The maximum atomic E-state index is 12.5. The van der Waals surface area contributed by atoms with Crippen molar-refractivity contribution in [2.45, 2.75) is 31.7 Å². The molecule has 23 heavy (non-hydrogen) atoms. The summed E-state index contributed by atoms with van der Waals surface area (Å²) in [4.78, 5) is 12.0. The van der Waals surface area contributed by atoms with Gasteiger partial charge in [0.25, 0.3) is 5.91 Å². The van der Waals surface area contributed by atoms with E-state index in [4.69, 9.17) is 4.42 Å². The Morgan fingerprint density at radius 2 is 1.91 bits per heavy atom. The zero-order valence-corrected chi connectivity index (χ0v) is 12.3. The molecule has 1 amide bonds. The highest BCUT2D eigenvalue weighted by Gasteiger charge is 2.30. The Labute approximate surface area is 130 Å². The van der Waals surface area contributed by atoms with Crippen LogP contribution in [-0.2, 0) is 6.18 Å². The van der Waals surface area contributed by atoms with Gasteiger partial charge in [-0.3, -0.25) is 4.79 Å². The third kappa shape index (κ3) is 4.13. The van der Waals surface area contributed by atoms with Crippen molar-refractivity contribution in [2.24, 2.45) is 0 Å². The third-order valence-electron chi connectivity index (χ3n) is 3.50. The monoisotopic (exact) mass is 327 g/mol. The molecule has 2 aromatic rings. The van der Waals surface area contributed by atoms with Gasteiger partial charge < -0.3 is 14.8 Å². The van der Waals surface area contributed by atoms with Crippen molar-refractivity contribution in [3.63, 3.8) is 0 Å². The van der Waals surface area contributed by atoms with Crippen LogP contribution in [0.3, 0.4) is 0 Å². The maximum absolute atomic E-state index is 12.5. The fourth-order valence-corrected chi connectivity index (χ4v) is 2.15. The molecule has 1 heterocycles. The van der Waals surface area contributed by atoms with E-state index in [1.54, 1.807) is 6.92 Å². The summed E-state index contributed by atoms with van der Waals surface area (Å²) in [5.41, 5.74) is -0.177. The fraction of sp³-hybridized carbons (Fsp3) is 0.312. The van der Waals surface area contributed by atoms with Gasteiger partial charge >= 0.3 is 6.18 Å². The van der Waals surface area contributed by atoms with Crippen molar-refractivity contribution in [3.8, 4) is 0 Å². The number of furan rings is 1. The number of halogens is 3. The topological polar surface area (TPSA) is 62.5 Å². The molecule has 0 saturated heterocycles. The zero-order chi connectivity index (χ0) is 17.0. The minimum absolute atomic E-state index is 0.303. The molecule has 0 aliphatic carbocycles. The summed E-state index contributed by atoms with van der Waals surface area (Å²) in [5.74, 6) is -0.420. The summed E-state index contributed by atoms with van der Waals surface area (Å²) in [5, 5.41) is 12.9. The standard InChI is InChI=1S/C16H16F3NO3/c1-2-13(20-15(22)11-7-8-23-9-11)14(21)10-3-5-12(6-4-10)16(17,18)19/h3-9,13-14,21H,2H2,1H3,(H,20,22). The van der Waals surface area contributed by atoms with Gasteiger partial charge in [-0.25, -0.2) is 0 Å². The average molecular weight is 327 g/mol. The second-order valence-corrected chi connectivity index (χ2v) is 5.06. The van der Waals surface area contributed by atoms with Crippen LogP contribution in [0.1, 0.15) is 40.9 Å². The number of amides is 1. The van der Waals surface area contributed by atoms with E-state index in [1.807, 2.05) is 0 Å². The molecule has 4 nitrogen and oxygen atoms in total. The highest BCUT2D eigenvalue weighted by Crippen LogP contribution is 2.30. The number of alkyl halides is 3. The number of hydrogen-bond donors (Lipinski definition) is 2. The van der Waals surface area contributed by atoms with Gasteiger partial charge in [-0.15, -0.1) is 0 Å². The van der Waals surface area contributed by atoms with Gasteiger partial charge in [0.2, 0.25) is 0 Å². The van der Waals surface area contributed by atoms with E-state index in [2.05, 4.69) is 5.32 Å². The SMILES string of the molecule is CCC(NC(=O)c1ccoc1)C(O)c1ccc(C(F)(F)F)cc1. The Bertz CT molecular complexity index is 636. The van der Waals surface area contributed by atoms with Crippen LogP contribution >= 0.6 is 0 Å². The Kier molecular flexibility index (Phi) is 5.10. The highest BCUT2D eigenvalue weighted by atomic mass is 19.4. The van der Waals surface area contributed by atoms with E-state index in [1.165, 1.54) is 30.7 Å². The van der Waals surface area contributed by atoms with Gasteiger partial charge in [-0.1, -0.05) is 19.1 Å². The van der Waals surface area contributed by atoms with Crippen LogP contribution in [0.2, 0.25) is 0 Å². The van der Waals surface area contributed by atoms with Gasteiger partial charge in [-0.05, 0) is 30.2 Å². The van der Waals surface area contributed by atoms with Crippen molar-refractivity contribution >= 4 is 5.91 Å². The zero-order valence-electron chi connectivity index (χ0n) is 12.3. The summed E-state index contributed by atoms with van der Waals surface area (Å²) in [6.07, 6.45) is -2.51. The van der Waals surface area contributed by atoms with Gasteiger partial charge in [0.1, 0.15) is 6.26 Å². The van der Waals surface area contributed by atoms with Crippen molar-refractivity contribution in [1.29, 1.82) is 0 Å². The van der Waals surface area contributed by atoms with Crippen molar-refractivity contribution in [3.05, 3.63) is 59.5 Å². The van der Waals surface area contributed by atoms with E-state index in [9.17, 15) is 23.1 Å². The first-order valence-electron chi connectivity index (χ1n) is 7.01. The summed E-state index contributed by atoms with van der Waals surface area (Å²) >= 11 is 0. The maximum Gasteiger partial charge on any atom is 0.416 e. The second kappa shape index (κ2) is 6.87. The van der Waals surface area contributed by atoms with Gasteiger partial charge in [0, 0.05) is 0 Å². The predicted octanol–water partition coefficient (Wildman–Crippen LogP) is 3.54. The molecule has 0 fully saturated rings. The summed E-state index contributed by atoms with van der Waals surface area (Å²) in [6.45, 7) is 1.76. The quantitative estimate of drug-likeness (QED) is 0.883. The third-order valence-corrected chi connectivity index (χ3v) is 3.50. The largest absolute Gasteiger partial charge is 0.472 e. The fourth-order valence-electron chi connectivity index (χ4n) is 2.15. The predicted molar refractivity (Wildman–Crippen MR) is 76.7 cm³/mol. The minimum Gasteiger partial charge on any atom is -0.472 e. The molecule has 0 spiro atoms. The van der Waals surface area contributed by atoms with E-state index < -0.39 is 29.8 Å². The van der Waals surface area contributed by atoms with Crippen LogP contribution < -0.4 is 5.32 Å². The summed E-state index contributed by atoms with van der Waals surface area (Å²) < 4.78 is 42.4. The Morgan fingerprint density at radius 1 is 1.26 bits per heavy atom. The molecule has 124 valence electrons. The van der Waals surface area contributed by atoms with E-state index in [0.29, 0.717) is 17.5 Å². The molecule has 0 radical (unpaired) electrons. The average Bonchev–Trinajstić information content (AvgIpc) is 3.05. The van der Waals surface area contributed by atoms with E-state index in [-0.39, 0.29) is 0 Å². The van der Waals surface area contributed by atoms with E-state index >= 15 is 0 Å². The lowest BCUT2D eigenvalue weighted by Crippen LogP contribution is -2.38. The lowest BCUT2D eigenvalue weighted by Gasteiger charge is -2.23. The number of rotatable bonds is 5. The van der Waals surface area contributed by atoms with Crippen LogP contribution in [0.4, 0.5) is 13.2 Å². The van der Waals surface area contributed by atoms with Gasteiger partial charge in [0.15, 0.2) is 0 Å². The Balaban J connectivity index is 2.10. The van der Waals surface area contributed by atoms with Gasteiger partial charge in [-0.2, -0.15) is 13.2 Å². The molecule has 2 unspecified atom stereocenters. The minimum atomic E-state index is -4.43. The first-order valence-corrected chi connectivity index (χ1v) is 7.01. The molecule has 2 N–H and O–H groups in total. The van der Waals surface area contributed by atoms with E-state index in [0.717, 1.165) is 12.1 Å². The highest BCUT2D eigenvalue weighted by molar-refractivity contribution is 5.94. The molecule has 0 saturated carbocycles. The molecule has 0 aliphatic heterocycles. The van der Waals surface area contributed by atoms with Crippen LogP contribution in [-0.4, -0.2) is 17.1 Å². The van der Waals surface area contributed by atoms with Crippen LogP contribution in [0, 0.1) is 0 Å². The lowest BCUT2D eigenvalue weighted by molar-refractivity contribution is -0.137. The molecular formula is C16H16F3NO3. The van der Waals surface area contributed by atoms with Crippen LogP contribution in [0.5, 0.6) is 0 Å². The molecule has 2 atom stereocenters. The van der Waals surface area contributed by atoms with Gasteiger partial charge in [0.05, 0.1) is 29.5 Å². The Hall–Kier alpha value is -2.28. The number of aliphatic hydroxyl groups is 1. The first kappa shape index (κ1) is 17.1. The Morgan fingerprint density at radius 3 is 2.39 bits per heavy atom. The number of benzene rings is 1. The lowest BCUT2D eigenvalue weighted by atomic mass is 9.98. The number of carbonyl (C=O) groups is 1. The smallest absolute Gasteiger partial charge is 0.416 e. The molecule has 1 aromatic carbocycles. The number of nitrogens with one attached hydrogen (secondary N) is 1. The molecule has 0 aliphatic rings. The van der Waals surface area contributed by atoms with Crippen LogP contribution in [0.15, 0.2) is 47.3 Å². The molecular weight excluding hydrogens is 311 g/mol. The molecule has 0 bridgehead atoms. The summed E-state index contributed by atoms with van der Waals surface area (Å²) in [6, 6.07) is 5.08. The molecule has 1 aromatic heterocycles. The van der Waals surface area contributed by atoms with Crippen molar-refractivity contribution in [1.82, 2.24) is 5.32 Å². The number of hydrogen-bond acceptors (Lipinski definition) is 3. The first-order chi connectivity index (χ1) is 10.8. The molecule has 7 heteroatoms. The molecule has 2 rings (SSSR count). The number of carbonyl (C=O) groups excluding carboxylic acids is 1. The second-order valence-electron chi connectivity index (χ2n) is 5.06. The normalized spacial score (nSPS) is 14.3. The summed E-state index contributed by atoms with van der Waals surface area (Å²) in [7, 11) is 0. The van der Waals surface area contributed by atoms with Crippen molar-refractivity contribution in [2.75, 3.05) is 0 Å². The van der Waals surface area contributed by atoms with Crippen LogP contribution in [0.25, 0.3) is 0 Å².